The number of carbonyl (C=O) groups is 1. The Morgan fingerprint density at radius 3 is 2.95 bits per heavy atom. The van der Waals surface area contributed by atoms with E-state index >= 15 is 0 Å². The van der Waals surface area contributed by atoms with E-state index in [1.54, 1.807) is 5.38 Å². The highest BCUT2D eigenvalue weighted by molar-refractivity contribution is 7.91. The Morgan fingerprint density at radius 2 is 2.42 bits per heavy atom. The molecule has 2 heterocycles. The molecule has 0 aliphatic carbocycles. The predicted molar refractivity (Wildman–Crippen MR) is 73.8 cm³/mol. The van der Waals surface area contributed by atoms with Crippen molar-refractivity contribution in [3.8, 4) is 0 Å². The molecular weight excluding hydrogens is 286 g/mol. The lowest BCUT2D eigenvalue weighted by molar-refractivity contribution is 0.0944. The van der Waals surface area contributed by atoms with Crippen molar-refractivity contribution in [3.63, 3.8) is 0 Å². The zero-order valence-electron chi connectivity index (χ0n) is 10.6. The average Bonchev–Trinajstić information content (AvgIpc) is 2.92. The van der Waals surface area contributed by atoms with E-state index in [1.807, 2.05) is 6.92 Å². The molecule has 0 aromatic carbocycles. The normalized spacial score (nSPS) is 23.2. The van der Waals surface area contributed by atoms with Gasteiger partial charge in [-0.3, -0.25) is 4.79 Å². The SMILES string of the molecule is CC(N)c1nc(C(=O)NCC2CCS(=O)(=O)C2)cs1. The van der Waals surface area contributed by atoms with Gasteiger partial charge in [0, 0.05) is 11.9 Å². The molecule has 1 amide bonds. The van der Waals surface area contributed by atoms with Gasteiger partial charge in [0.25, 0.3) is 5.91 Å². The van der Waals surface area contributed by atoms with E-state index in [1.165, 1.54) is 11.3 Å². The van der Waals surface area contributed by atoms with Crippen LogP contribution in [0.15, 0.2) is 5.38 Å². The molecule has 0 radical (unpaired) electrons. The van der Waals surface area contributed by atoms with Crippen molar-refractivity contribution in [2.24, 2.45) is 11.7 Å². The fraction of sp³-hybridized carbons (Fsp3) is 0.636. The number of amides is 1. The molecule has 1 saturated heterocycles. The van der Waals surface area contributed by atoms with Gasteiger partial charge in [0.2, 0.25) is 0 Å². The second-order valence-electron chi connectivity index (χ2n) is 4.84. The maximum absolute atomic E-state index is 11.8. The monoisotopic (exact) mass is 303 g/mol. The van der Waals surface area contributed by atoms with Gasteiger partial charge in [-0.1, -0.05) is 0 Å². The number of nitrogens with two attached hydrogens (primary N) is 1. The van der Waals surface area contributed by atoms with Crippen molar-refractivity contribution >= 4 is 27.1 Å². The van der Waals surface area contributed by atoms with Crippen molar-refractivity contribution in [1.29, 1.82) is 0 Å². The summed E-state index contributed by atoms with van der Waals surface area (Å²) in [4.78, 5) is 16.0. The van der Waals surface area contributed by atoms with Crippen LogP contribution < -0.4 is 11.1 Å². The summed E-state index contributed by atoms with van der Waals surface area (Å²) in [6.45, 7) is 2.19. The van der Waals surface area contributed by atoms with Gasteiger partial charge >= 0.3 is 0 Å². The van der Waals surface area contributed by atoms with Gasteiger partial charge in [0.15, 0.2) is 9.84 Å². The summed E-state index contributed by atoms with van der Waals surface area (Å²) in [5.74, 6) is 0.127. The first-order valence-electron chi connectivity index (χ1n) is 6.07. The number of nitrogens with zero attached hydrogens (tertiary/aromatic N) is 1. The molecule has 2 atom stereocenters. The minimum Gasteiger partial charge on any atom is -0.350 e. The standard InChI is InChI=1S/C11H17N3O3S2/c1-7(12)11-14-9(5-18-11)10(15)13-4-8-2-3-19(16,17)6-8/h5,7-8H,2-4,6,12H2,1H3,(H,13,15). The number of thiazole rings is 1. The topological polar surface area (TPSA) is 102 Å². The molecule has 0 saturated carbocycles. The Hall–Kier alpha value is -0.990. The van der Waals surface area contributed by atoms with E-state index in [2.05, 4.69) is 10.3 Å². The Balaban J connectivity index is 1.87. The molecule has 6 nitrogen and oxygen atoms in total. The van der Waals surface area contributed by atoms with Crippen LogP contribution in [-0.2, 0) is 9.84 Å². The Bertz CT molecular complexity index is 565. The summed E-state index contributed by atoms with van der Waals surface area (Å²) in [6, 6.07) is -0.188. The number of aromatic nitrogens is 1. The number of sulfone groups is 1. The van der Waals surface area contributed by atoms with E-state index < -0.39 is 9.84 Å². The molecule has 1 aromatic heterocycles. The zero-order valence-corrected chi connectivity index (χ0v) is 12.3. The highest BCUT2D eigenvalue weighted by Gasteiger charge is 2.28. The Labute approximate surface area is 116 Å². The smallest absolute Gasteiger partial charge is 0.270 e. The van der Waals surface area contributed by atoms with Crippen molar-refractivity contribution in [3.05, 3.63) is 16.1 Å². The zero-order chi connectivity index (χ0) is 14.0. The van der Waals surface area contributed by atoms with Crippen LogP contribution in [0.3, 0.4) is 0 Å². The molecule has 1 aromatic rings. The van der Waals surface area contributed by atoms with E-state index in [-0.39, 0.29) is 29.4 Å². The summed E-state index contributed by atoms with van der Waals surface area (Å²) in [6.07, 6.45) is 0.616. The highest BCUT2D eigenvalue weighted by Crippen LogP contribution is 2.18. The van der Waals surface area contributed by atoms with Gasteiger partial charge in [-0.05, 0) is 19.3 Å². The molecule has 1 aliphatic heterocycles. The van der Waals surface area contributed by atoms with Gasteiger partial charge in [-0.25, -0.2) is 13.4 Å². The molecular formula is C11H17N3O3S2. The lowest BCUT2D eigenvalue weighted by Gasteiger charge is -2.08. The molecule has 0 bridgehead atoms. The van der Waals surface area contributed by atoms with Gasteiger partial charge in [-0.15, -0.1) is 11.3 Å². The Kier molecular flexibility index (Phi) is 4.22. The van der Waals surface area contributed by atoms with Crippen LogP contribution in [0.25, 0.3) is 0 Å². The van der Waals surface area contributed by atoms with Crippen molar-refractivity contribution in [1.82, 2.24) is 10.3 Å². The summed E-state index contributed by atoms with van der Waals surface area (Å²) in [7, 11) is -2.90. The van der Waals surface area contributed by atoms with Crippen LogP contribution in [0, 0.1) is 5.92 Å². The predicted octanol–water partition coefficient (Wildman–Crippen LogP) is 0.327. The quantitative estimate of drug-likeness (QED) is 0.834. The van der Waals surface area contributed by atoms with Crippen molar-refractivity contribution in [2.45, 2.75) is 19.4 Å². The number of hydrogen-bond acceptors (Lipinski definition) is 6. The number of rotatable bonds is 4. The second-order valence-corrected chi connectivity index (χ2v) is 7.96. The van der Waals surface area contributed by atoms with E-state index in [0.717, 1.165) is 0 Å². The maximum atomic E-state index is 11.8. The van der Waals surface area contributed by atoms with Crippen LogP contribution in [0.4, 0.5) is 0 Å². The first-order chi connectivity index (χ1) is 8.87. The van der Waals surface area contributed by atoms with Crippen molar-refractivity contribution < 1.29 is 13.2 Å². The maximum Gasteiger partial charge on any atom is 0.270 e. The van der Waals surface area contributed by atoms with E-state index in [0.29, 0.717) is 23.7 Å². The fourth-order valence-corrected chi connectivity index (χ4v) is 4.58. The summed E-state index contributed by atoms with van der Waals surface area (Å²) in [5.41, 5.74) is 6.03. The minimum atomic E-state index is -2.90. The van der Waals surface area contributed by atoms with Crippen LogP contribution in [-0.4, -0.2) is 37.4 Å². The molecule has 8 heteroatoms. The van der Waals surface area contributed by atoms with E-state index in [4.69, 9.17) is 5.73 Å². The van der Waals surface area contributed by atoms with Gasteiger partial charge in [-0.2, -0.15) is 0 Å². The second kappa shape index (κ2) is 5.56. The average molecular weight is 303 g/mol. The minimum absolute atomic E-state index is 0.0143. The molecule has 1 fully saturated rings. The summed E-state index contributed by atoms with van der Waals surface area (Å²) < 4.78 is 22.6. The van der Waals surface area contributed by atoms with Gasteiger partial charge in [0.1, 0.15) is 10.7 Å². The third-order valence-corrected chi connectivity index (χ3v) is 5.90. The van der Waals surface area contributed by atoms with Gasteiger partial charge in [0.05, 0.1) is 17.5 Å². The lowest BCUT2D eigenvalue weighted by atomic mass is 10.1. The molecule has 106 valence electrons. The van der Waals surface area contributed by atoms with Crippen LogP contribution in [0.1, 0.15) is 34.9 Å². The lowest BCUT2D eigenvalue weighted by Crippen LogP contribution is -2.30. The van der Waals surface area contributed by atoms with Crippen LogP contribution in [0.5, 0.6) is 0 Å². The third kappa shape index (κ3) is 3.74. The molecule has 0 spiro atoms. The number of hydrogen-bond donors (Lipinski definition) is 2. The molecule has 2 unspecified atom stereocenters. The Morgan fingerprint density at radius 1 is 1.68 bits per heavy atom. The fourth-order valence-electron chi connectivity index (χ4n) is 1.96. The molecule has 3 N–H and O–H groups in total. The van der Waals surface area contributed by atoms with E-state index in [9.17, 15) is 13.2 Å². The van der Waals surface area contributed by atoms with Crippen molar-refractivity contribution in [2.75, 3.05) is 18.1 Å². The summed E-state index contributed by atoms with van der Waals surface area (Å²) >= 11 is 1.35. The van der Waals surface area contributed by atoms with Gasteiger partial charge < -0.3 is 11.1 Å². The van der Waals surface area contributed by atoms with Crippen LogP contribution in [0.2, 0.25) is 0 Å². The summed E-state index contributed by atoms with van der Waals surface area (Å²) in [5, 5.41) is 5.11. The first kappa shape index (κ1) is 14.4. The highest BCUT2D eigenvalue weighted by atomic mass is 32.2. The third-order valence-electron chi connectivity index (χ3n) is 3.02. The molecule has 1 aliphatic rings. The molecule has 2 rings (SSSR count). The molecule has 19 heavy (non-hydrogen) atoms. The first-order valence-corrected chi connectivity index (χ1v) is 8.77. The largest absolute Gasteiger partial charge is 0.350 e. The number of carbonyl (C=O) groups excluding carboxylic acids is 1. The van der Waals surface area contributed by atoms with Crippen LogP contribution >= 0.6 is 11.3 Å². The number of nitrogens with one attached hydrogen (secondary N) is 1.